The van der Waals surface area contributed by atoms with Gasteiger partial charge in [-0.15, -0.1) is 0 Å². The number of rotatable bonds is 36. The Bertz CT molecular complexity index is 5980. The van der Waals surface area contributed by atoms with Gasteiger partial charge < -0.3 is 37.9 Å². The largest absolute Gasteiger partial charge is 0.456 e. The maximum atomic E-state index is 7.68. The highest BCUT2D eigenvalue weighted by Crippen LogP contribution is 2.59. The van der Waals surface area contributed by atoms with Crippen molar-refractivity contribution >= 4 is 0 Å². The minimum atomic E-state index is -0.263. The van der Waals surface area contributed by atoms with E-state index in [2.05, 4.69) is 406 Å². The van der Waals surface area contributed by atoms with Crippen molar-refractivity contribution in [2.24, 2.45) is 0 Å². The number of pyridine rings is 8. The molecule has 704 valence electrons. The summed E-state index contributed by atoms with van der Waals surface area (Å²) in [7, 11) is 0. The number of hydrogen-bond acceptors (Lipinski definition) is 8. The Morgan fingerprint density at radius 2 is 0.336 bits per heavy atom. The second-order valence-electron chi connectivity index (χ2n) is 38.6. The van der Waals surface area contributed by atoms with E-state index in [0.717, 1.165) is 286 Å². The molecule has 0 amide bonds. The van der Waals surface area contributed by atoms with Gasteiger partial charge in [0.1, 0.15) is 68.2 Å². The van der Waals surface area contributed by atoms with Gasteiger partial charge in [0, 0.05) is 187 Å². The number of hydrogen-bond donors (Lipinski definition) is 0. The predicted octanol–water partition coefficient (Wildman–Crippen LogP) is 23.1. The lowest BCUT2D eigenvalue weighted by Crippen LogP contribution is -2.36. The van der Waals surface area contributed by atoms with Gasteiger partial charge >= 0.3 is 0 Å². The Morgan fingerprint density at radius 1 is 0.186 bits per heavy atom. The predicted molar refractivity (Wildman–Crippen MR) is 542 cm³/mol. The van der Waals surface area contributed by atoms with Gasteiger partial charge in [0.2, 0.25) is 27.2 Å². The van der Waals surface area contributed by atoms with Crippen LogP contribution in [0, 0.1) is 0 Å². The van der Waals surface area contributed by atoms with Gasteiger partial charge in [0.05, 0.1) is 0 Å². The molecule has 140 heavy (non-hydrogen) atoms. The molecular formula is C124H128N8O8+8. The van der Waals surface area contributed by atoms with Gasteiger partial charge in [-0.3, -0.25) is 0 Å². The van der Waals surface area contributed by atoms with Crippen LogP contribution in [0.25, 0.3) is 44.5 Å². The Labute approximate surface area is 824 Å². The third-order valence-corrected chi connectivity index (χ3v) is 29.2. The van der Waals surface area contributed by atoms with Crippen LogP contribution in [-0.4, -0.2) is 27.2 Å². The second-order valence-corrected chi connectivity index (χ2v) is 38.6. The molecule has 8 aromatic carbocycles. The van der Waals surface area contributed by atoms with E-state index < -0.39 is 0 Å². The van der Waals surface area contributed by atoms with E-state index in [1.165, 1.54) is 22.3 Å². The molecule has 8 aromatic heterocycles. The summed E-state index contributed by atoms with van der Waals surface area (Å²) in [5, 5.41) is 0. The third-order valence-electron chi connectivity index (χ3n) is 29.2. The first kappa shape index (κ1) is 91.8. The molecule has 0 radical (unpaired) electrons. The van der Waals surface area contributed by atoms with Crippen LogP contribution in [0.15, 0.2) is 342 Å². The molecule has 0 spiro atoms. The highest BCUT2D eigenvalue weighted by Gasteiger charge is 2.44. The van der Waals surface area contributed by atoms with Crippen LogP contribution < -0.4 is 74.4 Å². The SMILES string of the molecule is CCCCCC1c2cc3c4c(C[n+]5ccc(-c6cc[n+](Cc7ccccc7)cc6)cc5)c2OCOc2c1cc1c(c2C[n+]2ccc(-c5cc[n+](Cc6ccccc6)cc5)cc2)OCOc2c(cc5c(c2C[n+]2ccc(-c6cc[n+](Cc7ccccc7)cc6)cc2)OCOc2c(cc(c(c2C[n+]2ccc(-c6cc[n+](Cc7ccccc7)cc6)cc2)OCO4)C3CCCCC)C5CCCCC)C1CCCCC. The van der Waals surface area contributed by atoms with Gasteiger partial charge in [-0.2, -0.15) is 0 Å². The van der Waals surface area contributed by atoms with E-state index >= 15 is 0 Å². The van der Waals surface area contributed by atoms with E-state index in [-0.39, 0.29) is 50.8 Å². The molecule has 0 saturated carbocycles. The molecule has 4 aliphatic heterocycles. The lowest BCUT2D eigenvalue weighted by atomic mass is 9.74. The first-order valence-electron chi connectivity index (χ1n) is 51.1. The fourth-order valence-corrected chi connectivity index (χ4v) is 21.9. The zero-order chi connectivity index (χ0) is 94.5. The normalized spacial score (nSPS) is 15.2. The molecule has 8 bridgehead atoms. The van der Waals surface area contributed by atoms with Crippen molar-refractivity contribution in [2.45, 2.75) is 206 Å². The van der Waals surface area contributed by atoms with Crippen LogP contribution in [0.4, 0.5) is 0 Å². The van der Waals surface area contributed by atoms with E-state index in [9.17, 15) is 0 Å². The van der Waals surface area contributed by atoms with Crippen LogP contribution in [0.1, 0.15) is 243 Å². The first-order valence-corrected chi connectivity index (χ1v) is 51.1. The third kappa shape index (κ3) is 20.3. The highest BCUT2D eigenvalue weighted by molar-refractivity contribution is 5.71. The monoisotopic (exact) mass is 1860 g/mol. The molecule has 16 nitrogen and oxygen atoms in total. The van der Waals surface area contributed by atoms with Crippen LogP contribution in [0.3, 0.4) is 0 Å². The summed E-state index contributed by atoms with van der Waals surface area (Å²) >= 11 is 0. The summed E-state index contributed by atoms with van der Waals surface area (Å²) in [6.45, 7) is 13.8. The van der Waals surface area contributed by atoms with Crippen LogP contribution >= 0.6 is 0 Å². The van der Waals surface area contributed by atoms with Gasteiger partial charge in [0.15, 0.2) is 152 Å². The summed E-state index contributed by atoms with van der Waals surface area (Å²) < 4.78 is 79.6. The maximum Gasteiger partial charge on any atom is 0.230 e. The van der Waals surface area contributed by atoms with Crippen molar-refractivity contribution in [3.05, 3.63) is 431 Å². The summed E-state index contributed by atoms with van der Waals surface area (Å²) in [6, 6.07) is 88.7. The number of aromatic nitrogens is 8. The van der Waals surface area contributed by atoms with E-state index in [1.54, 1.807) is 0 Å². The summed E-state index contributed by atoms with van der Waals surface area (Å²) in [5.41, 5.74) is 26.8. The van der Waals surface area contributed by atoms with Crippen molar-refractivity contribution in [1.82, 2.24) is 0 Å². The summed E-state index contributed by atoms with van der Waals surface area (Å²) in [6.07, 6.45) is 50.6. The molecule has 0 unspecified atom stereocenters. The topological polar surface area (TPSA) is 105 Å². The van der Waals surface area contributed by atoms with Gasteiger partial charge in [-0.1, -0.05) is 226 Å². The Morgan fingerprint density at radius 3 is 0.486 bits per heavy atom. The zero-order valence-electron chi connectivity index (χ0n) is 81.3. The summed E-state index contributed by atoms with van der Waals surface area (Å²) in [5.74, 6) is 5.17. The number of unbranched alkanes of at least 4 members (excludes halogenated alkanes) is 8. The Hall–Kier alpha value is -14.6. The second kappa shape index (κ2) is 43.2. The molecule has 16 aromatic rings. The Kier molecular flexibility index (Phi) is 28.3. The van der Waals surface area contributed by atoms with Crippen molar-refractivity contribution in [1.29, 1.82) is 0 Å². The standard InChI is InChI=1S/C124H128N8O8/c1-5-9-17-37-101-105-73-107-102(38-18-10-6-2)109-75-111-104(40-20-12-8-4)112-76-110-103(39-19-11-7-3)108-74-106(101)118-114(82-130-67-51-98(52-68-130)94-43-59-126(60-44-94)78-90-31-23-14-24-32-90)120(108)136-87-138-122(110)116(84-132-71-55-100(56-72-132)96-47-63-128(64-48-96)80-92-35-27-16-28-36-92)124(112)140-88-139-123(111)115(83-131-69-53-99(54-70-131)95-45-61-127(62-46-95)79-91-33-25-15-26-34-91)121(109)137-86-135-119(107)113(117(105)133-85-134-118)81-129-65-49-97(50-66-129)93-41-57-125(58-42-93)77-89-29-21-13-22-30-89/h13-16,21-36,41-76,101-104H,5-12,17-20,37-40,77-88H2,1-4H3/q+8. The van der Waals surface area contributed by atoms with Crippen molar-refractivity contribution in [3.8, 4) is 90.5 Å². The van der Waals surface area contributed by atoms with Gasteiger partial charge in [0.25, 0.3) is 0 Å². The lowest BCUT2D eigenvalue weighted by Gasteiger charge is -2.37. The molecule has 5 aliphatic rings. The molecule has 0 N–H and O–H groups in total. The number of ether oxygens (including phenoxy) is 8. The molecule has 1 aliphatic carbocycles. The van der Waals surface area contributed by atoms with Crippen molar-refractivity contribution in [2.75, 3.05) is 27.2 Å². The molecule has 0 fully saturated rings. The van der Waals surface area contributed by atoms with Crippen molar-refractivity contribution < 1.29 is 74.4 Å². The van der Waals surface area contributed by atoms with E-state index in [0.29, 0.717) is 26.2 Å². The molecule has 21 rings (SSSR count). The number of benzene rings is 8. The number of nitrogens with zero attached hydrogens (tertiary/aromatic N) is 8. The van der Waals surface area contributed by atoms with Crippen LogP contribution in [0.2, 0.25) is 0 Å². The van der Waals surface area contributed by atoms with Gasteiger partial charge in [-0.25, -0.2) is 36.5 Å². The minimum absolute atomic E-state index is 0.0938. The molecule has 12 heterocycles. The van der Waals surface area contributed by atoms with E-state index in [1.807, 2.05) is 0 Å². The molecular weight excluding hydrogens is 1730 g/mol. The average molecular weight is 1860 g/mol. The quantitative estimate of drug-likeness (QED) is 0.0282. The smallest absolute Gasteiger partial charge is 0.230 e. The molecule has 0 saturated heterocycles. The van der Waals surface area contributed by atoms with E-state index in [4.69, 9.17) is 37.9 Å². The highest BCUT2D eigenvalue weighted by atomic mass is 16.7. The summed E-state index contributed by atoms with van der Waals surface area (Å²) in [4.78, 5) is 0. The van der Waals surface area contributed by atoms with Crippen molar-refractivity contribution in [3.63, 3.8) is 0 Å². The fraction of sp³-hybridized carbons (Fsp3) is 0.290. The van der Waals surface area contributed by atoms with Gasteiger partial charge in [-0.05, 0) is 94.5 Å². The molecule has 16 heteroatoms. The molecule has 0 atom stereocenters. The zero-order valence-corrected chi connectivity index (χ0v) is 81.3. The average Bonchev–Trinajstić information content (AvgIpc) is 0.716. The van der Waals surface area contributed by atoms with Crippen LogP contribution in [-0.2, 0) is 52.4 Å². The first-order chi connectivity index (χ1) is 69.2. The van der Waals surface area contributed by atoms with Crippen LogP contribution in [0.5, 0.6) is 46.0 Å². The maximum absolute atomic E-state index is 7.68. The Balaban J connectivity index is 0.789. The lowest BCUT2D eigenvalue weighted by molar-refractivity contribution is -0.688. The minimum Gasteiger partial charge on any atom is -0.456 e. The fourth-order valence-electron chi connectivity index (χ4n) is 21.9.